The van der Waals surface area contributed by atoms with Crippen LogP contribution in [0.2, 0.25) is 0 Å². The Morgan fingerprint density at radius 3 is 2.43 bits per heavy atom. The number of benzene rings is 1. The minimum Gasteiger partial charge on any atom is -0.493 e. The van der Waals surface area contributed by atoms with E-state index in [0.29, 0.717) is 23.0 Å². The van der Waals surface area contributed by atoms with Crippen molar-refractivity contribution in [1.82, 2.24) is 0 Å². The Morgan fingerprint density at radius 2 is 1.86 bits per heavy atom. The number of methoxy groups -OCH3 is 2. The summed E-state index contributed by atoms with van der Waals surface area (Å²) >= 11 is 0. The van der Waals surface area contributed by atoms with Gasteiger partial charge >= 0.3 is 5.97 Å². The first-order valence-electron chi connectivity index (χ1n) is 7.48. The summed E-state index contributed by atoms with van der Waals surface area (Å²) in [4.78, 5) is 13.9. The van der Waals surface area contributed by atoms with Crippen LogP contribution >= 0.6 is 0 Å². The van der Waals surface area contributed by atoms with Gasteiger partial charge in [0, 0.05) is 18.8 Å². The van der Waals surface area contributed by atoms with Gasteiger partial charge in [-0.3, -0.25) is 0 Å². The SMILES string of the molecule is COc1ccc(C(=O)O[C@@H]2C[NH+]3CCC2CC3)cc1OC. The summed E-state index contributed by atoms with van der Waals surface area (Å²) in [5.74, 6) is 1.42. The van der Waals surface area contributed by atoms with E-state index in [-0.39, 0.29) is 12.1 Å². The summed E-state index contributed by atoms with van der Waals surface area (Å²) in [5.41, 5.74) is 0.513. The predicted octanol–water partition coefficient (Wildman–Crippen LogP) is 0.538. The molecule has 1 aromatic carbocycles. The van der Waals surface area contributed by atoms with Crippen LogP contribution in [0.15, 0.2) is 18.2 Å². The lowest BCUT2D eigenvalue weighted by molar-refractivity contribution is -0.920. The van der Waals surface area contributed by atoms with Gasteiger partial charge in [0.15, 0.2) is 17.6 Å². The van der Waals surface area contributed by atoms with E-state index in [9.17, 15) is 4.79 Å². The molecular formula is C16H22NO4+. The van der Waals surface area contributed by atoms with E-state index in [1.165, 1.54) is 25.9 Å². The number of nitrogens with one attached hydrogen (secondary N) is 1. The summed E-state index contributed by atoms with van der Waals surface area (Å²) in [5, 5.41) is 0. The fraction of sp³-hybridized carbons (Fsp3) is 0.562. The summed E-state index contributed by atoms with van der Waals surface area (Å²) in [7, 11) is 3.13. The van der Waals surface area contributed by atoms with Crippen molar-refractivity contribution in [2.45, 2.75) is 18.9 Å². The zero-order valence-electron chi connectivity index (χ0n) is 12.6. The van der Waals surface area contributed by atoms with Crippen LogP contribution in [0.25, 0.3) is 0 Å². The van der Waals surface area contributed by atoms with Crippen molar-refractivity contribution in [3.63, 3.8) is 0 Å². The number of hydrogen-bond donors (Lipinski definition) is 1. The average molecular weight is 292 g/mol. The molecule has 0 saturated carbocycles. The van der Waals surface area contributed by atoms with E-state index < -0.39 is 0 Å². The predicted molar refractivity (Wildman–Crippen MR) is 77.0 cm³/mol. The summed E-state index contributed by atoms with van der Waals surface area (Å²) < 4.78 is 16.1. The molecule has 0 aromatic heterocycles. The monoisotopic (exact) mass is 292 g/mol. The van der Waals surface area contributed by atoms with Crippen LogP contribution in [0.5, 0.6) is 11.5 Å². The molecule has 5 heteroatoms. The van der Waals surface area contributed by atoms with Gasteiger partial charge in [-0.15, -0.1) is 0 Å². The van der Waals surface area contributed by atoms with Crippen LogP contribution in [-0.2, 0) is 4.74 Å². The van der Waals surface area contributed by atoms with Crippen LogP contribution < -0.4 is 14.4 Å². The van der Waals surface area contributed by atoms with Crippen molar-refractivity contribution in [3.8, 4) is 11.5 Å². The molecule has 0 unspecified atom stereocenters. The van der Waals surface area contributed by atoms with Gasteiger partial charge < -0.3 is 19.1 Å². The average Bonchev–Trinajstić information content (AvgIpc) is 2.55. The molecule has 0 amide bonds. The molecular weight excluding hydrogens is 270 g/mol. The van der Waals surface area contributed by atoms with E-state index >= 15 is 0 Å². The molecule has 3 heterocycles. The van der Waals surface area contributed by atoms with Crippen molar-refractivity contribution in [2.24, 2.45) is 5.92 Å². The first-order chi connectivity index (χ1) is 10.2. The van der Waals surface area contributed by atoms with Gasteiger partial charge in [-0.25, -0.2) is 4.79 Å². The Balaban J connectivity index is 1.70. The highest BCUT2D eigenvalue weighted by Gasteiger charge is 2.39. The molecule has 5 nitrogen and oxygen atoms in total. The molecule has 4 rings (SSSR count). The van der Waals surface area contributed by atoms with Crippen LogP contribution in [-0.4, -0.2) is 45.9 Å². The first kappa shape index (κ1) is 14.2. The van der Waals surface area contributed by atoms with Gasteiger partial charge in [-0.1, -0.05) is 0 Å². The number of esters is 1. The number of carbonyl (C=O) groups excluding carboxylic acids is 1. The molecule has 21 heavy (non-hydrogen) atoms. The number of rotatable bonds is 4. The molecule has 3 aliphatic rings. The second kappa shape index (κ2) is 5.93. The Hall–Kier alpha value is -1.75. The lowest BCUT2D eigenvalue weighted by Gasteiger charge is -2.41. The second-order valence-corrected chi connectivity index (χ2v) is 5.81. The Bertz CT molecular complexity index is 523. The minimum atomic E-state index is -0.269. The van der Waals surface area contributed by atoms with Crippen LogP contribution in [0, 0.1) is 5.92 Å². The zero-order chi connectivity index (χ0) is 14.8. The van der Waals surface area contributed by atoms with E-state index in [1.54, 1.807) is 37.3 Å². The van der Waals surface area contributed by atoms with E-state index in [1.807, 2.05) is 0 Å². The molecule has 0 aliphatic carbocycles. The maximum atomic E-state index is 12.3. The normalized spacial score (nSPS) is 27.2. The molecule has 1 atom stereocenters. The number of carbonyl (C=O) groups is 1. The summed E-state index contributed by atoms with van der Waals surface area (Å²) in [6, 6.07) is 5.13. The molecule has 1 N–H and O–H groups in total. The zero-order valence-corrected chi connectivity index (χ0v) is 12.6. The number of quaternary nitrogens is 1. The Morgan fingerprint density at radius 1 is 1.14 bits per heavy atom. The highest BCUT2D eigenvalue weighted by molar-refractivity contribution is 5.90. The highest BCUT2D eigenvalue weighted by atomic mass is 16.5. The van der Waals surface area contributed by atoms with Gasteiger partial charge in [0.1, 0.15) is 6.54 Å². The third-order valence-electron chi connectivity index (χ3n) is 4.63. The van der Waals surface area contributed by atoms with Crippen molar-refractivity contribution >= 4 is 5.97 Å². The van der Waals surface area contributed by atoms with Gasteiger partial charge in [-0.05, 0) is 18.2 Å². The fourth-order valence-corrected chi connectivity index (χ4v) is 3.38. The Kier molecular flexibility index (Phi) is 4.01. The Labute approximate surface area is 124 Å². The maximum absolute atomic E-state index is 12.3. The van der Waals surface area contributed by atoms with E-state index in [2.05, 4.69) is 0 Å². The molecule has 1 aromatic rings. The summed E-state index contributed by atoms with van der Waals surface area (Å²) in [6.07, 6.45) is 2.39. The number of ether oxygens (including phenoxy) is 3. The summed E-state index contributed by atoms with van der Waals surface area (Å²) in [6.45, 7) is 3.38. The first-order valence-corrected chi connectivity index (χ1v) is 7.48. The van der Waals surface area contributed by atoms with E-state index in [0.717, 1.165) is 6.54 Å². The molecule has 3 aliphatic heterocycles. The molecule has 3 fully saturated rings. The standard InChI is InChI=1S/C16H21NO4/c1-19-13-4-3-12(9-14(13)20-2)16(18)21-15-10-17-7-5-11(15)6-8-17/h3-4,9,11,15H,5-8,10H2,1-2H3/p+1/t15-/m1/s1. The van der Waals surface area contributed by atoms with Crippen LogP contribution in [0.1, 0.15) is 23.2 Å². The van der Waals surface area contributed by atoms with Gasteiger partial charge in [0.05, 0.1) is 32.9 Å². The van der Waals surface area contributed by atoms with Crippen molar-refractivity contribution < 1.29 is 23.9 Å². The minimum absolute atomic E-state index is 0.0584. The van der Waals surface area contributed by atoms with Crippen molar-refractivity contribution in [1.29, 1.82) is 0 Å². The largest absolute Gasteiger partial charge is 0.493 e. The van der Waals surface area contributed by atoms with Crippen molar-refractivity contribution in [3.05, 3.63) is 23.8 Å². The lowest BCUT2D eigenvalue weighted by Crippen LogP contribution is -3.16. The smallest absolute Gasteiger partial charge is 0.338 e. The van der Waals surface area contributed by atoms with Gasteiger partial charge in [-0.2, -0.15) is 0 Å². The van der Waals surface area contributed by atoms with E-state index in [4.69, 9.17) is 14.2 Å². The third-order valence-corrected chi connectivity index (χ3v) is 4.63. The van der Waals surface area contributed by atoms with Crippen LogP contribution in [0.3, 0.4) is 0 Å². The quantitative estimate of drug-likeness (QED) is 0.823. The van der Waals surface area contributed by atoms with Crippen LogP contribution in [0.4, 0.5) is 0 Å². The topological polar surface area (TPSA) is 49.2 Å². The molecule has 0 spiro atoms. The molecule has 114 valence electrons. The van der Waals surface area contributed by atoms with Gasteiger partial charge in [0.25, 0.3) is 0 Å². The maximum Gasteiger partial charge on any atom is 0.338 e. The number of hydrogen-bond acceptors (Lipinski definition) is 4. The van der Waals surface area contributed by atoms with Gasteiger partial charge in [0.2, 0.25) is 0 Å². The number of piperidine rings is 3. The molecule has 2 bridgehead atoms. The fourth-order valence-electron chi connectivity index (χ4n) is 3.38. The lowest BCUT2D eigenvalue weighted by atomic mass is 9.86. The molecule has 0 radical (unpaired) electrons. The second-order valence-electron chi connectivity index (χ2n) is 5.81. The number of fused-ring (bicyclic) bond motifs is 3. The third kappa shape index (κ3) is 2.83. The molecule has 3 saturated heterocycles. The van der Waals surface area contributed by atoms with Crippen molar-refractivity contribution in [2.75, 3.05) is 33.9 Å². The highest BCUT2D eigenvalue weighted by Crippen LogP contribution is 2.28.